The molecule has 0 radical (unpaired) electrons. The van der Waals surface area contributed by atoms with Gasteiger partial charge in [0.15, 0.2) is 6.29 Å². The van der Waals surface area contributed by atoms with Crippen molar-refractivity contribution in [3.05, 3.63) is 0 Å². The maximum Gasteiger partial charge on any atom is 0.151 e. The zero-order valence-corrected chi connectivity index (χ0v) is 6.91. The summed E-state index contributed by atoms with van der Waals surface area (Å²) in [6.45, 7) is -0.745. The van der Waals surface area contributed by atoms with Crippen molar-refractivity contribution in [2.45, 2.75) is 24.4 Å². The van der Waals surface area contributed by atoms with Crippen LogP contribution in [0.3, 0.4) is 0 Å². The normalized spacial score (nSPS) is 21.4. The van der Waals surface area contributed by atoms with Gasteiger partial charge in [0.2, 0.25) is 0 Å². The second kappa shape index (κ2) is 6.01. The maximum atomic E-state index is 10.3. The number of hydrogen-bond donors (Lipinski definition) is 4. The average Bonchev–Trinajstić information content (AvgIpc) is 2.22. The van der Waals surface area contributed by atoms with Crippen LogP contribution in [0.2, 0.25) is 0 Å². The molecule has 0 amide bonds. The van der Waals surface area contributed by atoms with Gasteiger partial charge in [-0.3, -0.25) is 0 Å². The Morgan fingerprint density at radius 2 is 2.08 bits per heavy atom. The molecule has 0 saturated heterocycles. The lowest BCUT2D eigenvalue weighted by Gasteiger charge is -2.24. The van der Waals surface area contributed by atoms with E-state index >= 15 is 0 Å². The van der Waals surface area contributed by atoms with Crippen LogP contribution in [0.15, 0.2) is 0 Å². The van der Waals surface area contributed by atoms with E-state index in [1.54, 1.807) is 0 Å². The van der Waals surface area contributed by atoms with Gasteiger partial charge in [0.05, 0.1) is 7.98 Å². The zero-order valence-electron chi connectivity index (χ0n) is 7.91. The largest absolute Gasteiger partial charge is 0.394 e. The molecular weight excluding hydrogens is 180 g/mol. The first-order valence-electron chi connectivity index (χ1n) is 4.30. The minimum Gasteiger partial charge on any atom is -0.394 e. The standard InChI is InChI=1S/C7H14O6/c1-13-5(3-9)7(12)6(11)4(10)2-8/h3-8,10-12H,2H2,1H3/t4-,5+,6-,7-/m1/s1/i1D. The Morgan fingerprint density at radius 1 is 1.46 bits per heavy atom. The van der Waals surface area contributed by atoms with Crippen LogP contribution in [0.25, 0.3) is 0 Å². The summed E-state index contributed by atoms with van der Waals surface area (Å²) in [6, 6.07) is 0. The Balaban J connectivity index is 4.25. The molecule has 0 rings (SSSR count). The van der Waals surface area contributed by atoms with E-state index < -0.39 is 38.1 Å². The van der Waals surface area contributed by atoms with E-state index in [2.05, 4.69) is 4.74 Å². The number of aldehydes is 1. The van der Waals surface area contributed by atoms with E-state index in [4.69, 9.17) is 16.7 Å². The van der Waals surface area contributed by atoms with Crippen molar-refractivity contribution in [3.63, 3.8) is 0 Å². The number of rotatable bonds is 6. The predicted molar refractivity (Wildman–Crippen MR) is 42.0 cm³/mol. The molecule has 0 unspecified atom stereocenters. The molecule has 0 aromatic rings. The fraction of sp³-hybridized carbons (Fsp3) is 0.857. The van der Waals surface area contributed by atoms with Crippen LogP contribution in [0, 0.1) is 0 Å². The number of aliphatic hydroxyl groups excluding tert-OH is 4. The van der Waals surface area contributed by atoms with Gasteiger partial charge in [-0.2, -0.15) is 0 Å². The van der Waals surface area contributed by atoms with Crippen LogP contribution >= 0.6 is 0 Å². The first kappa shape index (κ1) is 10.6. The lowest BCUT2D eigenvalue weighted by atomic mass is 10.0. The lowest BCUT2D eigenvalue weighted by Crippen LogP contribution is -2.47. The monoisotopic (exact) mass is 195 g/mol. The van der Waals surface area contributed by atoms with E-state index in [1.807, 2.05) is 0 Å². The maximum absolute atomic E-state index is 10.3. The molecule has 6 nitrogen and oxygen atoms in total. The summed E-state index contributed by atoms with van der Waals surface area (Å²) in [5, 5.41) is 35.8. The molecule has 13 heavy (non-hydrogen) atoms. The Bertz CT molecular complexity index is 166. The third-order valence-corrected chi connectivity index (χ3v) is 1.59. The van der Waals surface area contributed by atoms with Gasteiger partial charge in [-0.1, -0.05) is 0 Å². The number of methoxy groups -OCH3 is 1. The molecule has 0 bridgehead atoms. The molecule has 78 valence electrons. The van der Waals surface area contributed by atoms with Crippen molar-refractivity contribution in [2.75, 3.05) is 13.7 Å². The van der Waals surface area contributed by atoms with E-state index in [9.17, 15) is 9.90 Å². The van der Waals surface area contributed by atoms with Crippen molar-refractivity contribution in [1.29, 1.82) is 0 Å². The predicted octanol–water partition coefficient (Wildman–Crippen LogP) is -2.72. The summed E-state index contributed by atoms with van der Waals surface area (Å²) >= 11 is 0. The second-order valence-corrected chi connectivity index (χ2v) is 2.50. The summed E-state index contributed by atoms with van der Waals surface area (Å²) < 4.78 is 11.1. The molecular formula is C7H14O6. The Kier molecular flexibility index (Phi) is 4.87. The molecule has 0 aromatic heterocycles. The smallest absolute Gasteiger partial charge is 0.151 e. The number of carbonyl (C=O) groups excluding carboxylic acids is 1. The van der Waals surface area contributed by atoms with Crippen LogP contribution in [-0.4, -0.2) is 64.8 Å². The van der Waals surface area contributed by atoms with Gasteiger partial charge in [0.1, 0.15) is 24.4 Å². The molecule has 0 aromatic carbocycles. The van der Waals surface area contributed by atoms with Gasteiger partial charge in [-0.05, 0) is 0 Å². The van der Waals surface area contributed by atoms with Crippen LogP contribution in [-0.2, 0) is 9.53 Å². The first-order chi connectivity index (χ1) is 6.58. The van der Waals surface area contributed by atoms with E-state index in [0.717, 1.165) is 0 Å². The first-order valence-corrected chi connectivity index (χ1v) is 3.59. The van der Waals surface area contributed by atoms with Crippen LogP contribution in [0.1, 0.15) is 1.37 Å². The number of carbonyl (C=O) groups is 1. The molecule has 0 fully saturated rings. The van der Waals surface area contributed by atoms with Crippen molar-refractivity contribution in [3.8, 4) is 0 Å². The third kappa shape index (κ3) is 3.37. The van der Waals surface area contributed by atoms with E-state index in [0.29, 0.717) is 0 Å². The summed E-state index contributed by atoms with van der Waals surface area (Å²) in [4.78, 5) is 10.3. The zero-order chi connectivity index (χ0) is 11.1. The van der Waals surface area contributed by atoms with Crippen molar-refractivity contribution in [2.24, 2.45) is 0 Å². The topological polar surface area (TPSA) is 107 Å². The quantitative estimate of drug-likeness (QED) is 0.343. The molecule has 6 heteroatoms. The third-order valence-electron chi connectivity index (χ3n) is 1.59. The van der Waals surface area contributed by atoms with Crippen LogP contribution < -0.4 is 0 Å². The molecule has 4 N–H and O–H groups in total. The molecule has 0 saturated carbocycles. The molecule has 0 aliphatic carbocycles. The van der Waals surface area contributed by atoms with Gasteiger partial charge >= 0.3 is 0 Å². The summed E-state index contributed by atoms with van der Waals surface area (Å²) in [5.41, 5.74) is 0. The fourth-order valence-corrected chi connectivity index (χ4v) is 0.748. The van der Waals surface area contributed by atoms with Crippen molar-refractivity contribution in [1.82, 2.24) is 0 Å². The SMILES string of the molecule is [2H]CO[C@@H](C=O)[C@@H](O)[C@H](O)[C@H](O)CO. The van der Waals surface area contributed by atoms with E-state index in [-0.39, 0.29) is 6.29 Å². The van der Waals surface area contributed by atoms with Gasteiger partial charge in [0.25, 0.3) is 0 Å². The van der Waals surface area contributed by atoms with Gasteiger partial charge in [-0.25, -0.2) is 0 Å². The highest BCUT2D eigenvalue weighted by molar-refractivity contribution is 5.57. The molecule has 0 spiro atoms. The minimum absolute atomic E-state index is 0.215. The van der Waals surface area contributed by atoms with Gasteiger partial charge in [0, 0.05) is 7.09 Å². The highest BCUT2D eigenvalue weighted by Gasteiger charge is 2.30. The van der Waals surface area contributed by atoms with Crippen molar-refractivity contribution < 1.29 is 31.3 Å². The summed E-state index contributed by atoms with van der Waals surface area (Å²) in [5.74, 6) is 0. The Morgan fingerprint density at radius 3 is 2.46 bits per heavy atom. The van der Waals surface area contributed by atoms with Gasteiger partial charge in [-0.15, -0.1) is 0 Å². The molecule has 4 atom stereocenters. The van der Waals surface area contributed by atoms with E-state index in [1.165, 1.54) is 0 Å². The summed E-state index contributed by atoms with van der Waals surface area (Å²) in [6.07, 6.45) is -6.08. The lowest BCUT2D eigenvalue weighted by molar-refractivity contribution is -0.141. The summed E-state index contributed by atoms with van der Waals surface area (Å²) in [7, 11) is -0.553. The molecule has 0 heterocycles. The number of hydrogen-bond acceptors (Lipinski definition) is 6. The Hall–Kier alpha value is -0.530. The molecule has 0 aliphatic rings. The average molecular weight is 195 g/mol. The fourth-order valence-electron chi connectivity index (χ4n) is 0.748. The van der Waals surface area contributed by atoms with Crippen LogP contribution in [0.4, 0.5) is 0 Å². The van der Waals surface area contributed by atoms with Gasteiger partial charge < -0.3 is 30.0 Å². The number of ether oxygens (including phenoxy) is 1. The minimum atomic E-state index is -1.69. The Labute approximate surface area is 76.8 Å². The van der Waals surface area contributed by atoms with Crippen LogP contribution in [0.5, 0.6) is 0 Å². The molecule has 0 aliphatic heterocycles. The van der Waals surface area contributed by atoms with Crippen molar-refractivity contribution >= 4 is 6.29 Å². The number of aliphatic hydroxyl groups is 4. The highest BCUT2D eigenvalue weighted by atomic mass is 16.5. The second-order valence-electron chi connectivity index (χ2n) is 2.50. The highest BCUT2D eigenvalue weighted by Crippen LogP contribution is 2.05.